The molecule has 1 N–H and O–H groups in total. The third-order valence-corrected chi connectivity index (χ3v) is 2.89. The van der Waals surface area contributed by atoms with E-state index >= 15 is 0 Å². The molecule has 0 saturated heterocycles. The van der Waals surface area contributed by atoms with Crippen molar-refractivity contribution in [3.8, 4) is 0 Å². The highest BCUT2D eigenvalue weighted by molar-refractivity contribution is 9.10. The normalized spacial score (nSPS) is 12.5. The first kappa shape index (κ1) is 14.1. The van der Waals surface area contributed by atoms with Gasteiger partial charge >= 0.3 is 5.97 Å². The molecule has 0 aliphatic rings. The molecule has 3 nitrogen and oxygen atoms in total. The van der Waals surface area contributed by atoms with E-state index in [-0.39, 0.29) is 18.8 Å². The molecule has 0 saturated carbocycles. The number of carbonyl (C=O) groups is 1. The summed E-state index contributed by atoms with van der Waals surface area (Å²) >= 11 is 3.27. The molecular formula is C12H14BrFO3. The Morgan fingerprint density at radius 1 is 1.53 bits per heavy atom. The zero-order valence-electron chi connectivity index (χ0n) is 9.67. The van der Waals surface area contributed by atoms with Crippen molar-refractivity contribution in [3.63, 3.8) is 0 Å². The summed E-state index contributed by atoms with van der Waals surface area (Å²) in [7, 11) is 1.49. The number of benzene rings is 1. The lowest BCUT2D eigenvalue weighted by molar-refractivity contribution is -0.141. The summed E-state index contributed by atoms with van der Waals surface area (Å²) in [6, 6.07) is 3.24. The van der Waals surface area contributed by atoms with Crippen molar-refractivity contribution < 1.29 is 19.0 Å². The number of carboxylic acid groups (broad SMARTS) is 1. The van der Waals surface area contributed by atoms with Gasteiger partial charge in [-0.1, -0.05) is 22.9 Å². The molecule has 1 atom stereocenters. The third-order valence-electron chi connectivity index (χ3n) is 2.44. The van der Waals surface area contributed by atoms with Gasteiger partial charge in [-0.05, 0) is 24.1 Å². The molecule has 0 radical (unpaired) electrons. The van der Waals surface area contributed by atoms with Gasteiger partial charge in [-0.15, -0.1) is 0 Å². The van der Waals surface area contributed by atoms with E-state index in [1.165, 1.54) is 7.11 Å². The number of rotatable bonds is 5. The first-order valence-electron chi connectivity index (χ1n) is 5.14. The standard InChI is InChI=1S/C12H14BrFO3/c1-7(12(15)16)3-8-4-10(13)5-9(6-17-2)11(8)14/h4-5,7H,3,6H2,1-2H3,(H,15,16). The van der Waals surface area contributed by atoms with Gasteiger partial charge in [0.2, 0.25) is 0 Å². The Kier molecular flexibility index (Phi) is 5.08. The minimum Gasteiger partial charge on any atom is -0.481 e. The van der Waals surface area contributed by atoms with E-state index in [0.29, 0.717) is 11.1 Å². The molecule has 0 aliphatic heterocycles. The highest BCUT2D eigenvalue weighted by atomic mass is 79.9. The van der Waals surface area contributed by atoms with E-state index in [2.05, 4.69) is 15.9 Å². The molecule has 0 amide bonds. The number of aliphatic carboxylic acids is 1. The van der Waals surface area contributed by atoms with E-state index < -0.39 is 11.9 Å². The van der Waals surface area contributed by atoms with E-state index in [4.69, 9.17) is 9.84 Å². The van der Waals surface area contributed by atoms with Gasteiger partial charge in [0.25, 0.3) is 0 Å². The van der Waals surface area contributed by atoms with Crippen LogP contribution in [-0.4, -0.2) is 18.2 Å². The van der Waals surface area contributed by atoms with Crippen LogP contribution in [0, 0.1) is 11.7 Å². The molecule has 0 heterocycles. The molecule has 1 aromatic carbocycles. The maximum absolute atomic E-state index is 14.0. The predicted octanol–water partition coefficient (Wildman–Crippen LogP) is 3.00. The maximum Gasteiger partial charge on any atom is 0.306 e. The zero-order chi connectivity index (χ0) is 13.0. The van der Waals surface area contributed by atoms with Gasteiger partial charge in [0, 0.05) is 17.1 Å². The fraction of sp³-hybridized carbons (Fsp3) is 0.417. The Morgan fingerprint density at radius 3 is 2.65 bits per heavy atom. The zero-order valence-corrected chi connectivity index (χ0v) is 11.3. The van der Waals surface area contributed by atoms with Crippen molar-refractivity contribution in [2.45, 2.75) is 20.0 Å². The second-order valence-electron chi connectivity index (χ2n) is 3.91. The van der Waals surface area contributed by atoms with Gasteiger partial charge < -0.3 is 9.84 Å². The summed E-state index contributed by atoms with van der Waals surface area (Å²) in [5.74, 6) is -1.94. The monoisotopic (exact) mass is 304 g/mol. The van der Waals surface area contributed by atoms with Crippen molar-refractivity contribution in [2.24, 2.45) is 5.92 Å². The van der Waals surface area contributed by atoms with Crippen molar-refractivity contribution in [3.05, 3.63) is 33.5 Å². The molecule has 94 valence electrons. The van der Waals surface area contributed by atoms with Crippen LogP contribution in [0.5, 0.6) is 0 Å². The molecule has 1 rings (SSSR count). The number of ether oxygens (including phenoxy) is 1. The highest BCUT2D eigenvalue weighted by Gasteiger charge is 2.17. The molecule has 17 heavy (non-hydrogen) atoms. The number of halogens is 2. The Labute approximate surface area is 108 Å². The lowest BCUT2D eigenvalue weighted by Gasteiger charge is -2.11. The molecular weight excluding hydrogens is 291 g/mol. The minimum absolute atomic E-state index is 0.164. The molecule has 5 heteroatoms. The molecule has 0 aliphatic carbocycles. The van der Waals surface area contributed by atoms with Crippen LogP contribution in [-0.2, 0) is 22.6 Å². The van der Waals surface area contributed by atoms with Crippen molar-refractivity contribution in [1.29, 1.82) is 0 Å². The fourth-order valence-corrected chi connectivity index (χ4v) is 2.09. The van der Waals surface area contributed by atoms with E-state index in [0.717, 1.165) is 4.47 Å². The van der Waals surface area contributed by atoms with Crippen LogP contribution in [0.3, 0.4) is 0 Å². The van der Waals surface area contributed by atoms with Gasteiger partial charge in [-0.2, -0.15) is 0 Å². The van der Waals surface area contributed by atoms with Crippen LogP contribution in [0.4, 0.5) is 4.39 Å². The number of hydrogen-bond donors (Lipinski definition) is 1. The van der Waals surface area contributed by atoms with Crippen molar-refractivity contribution in [1.82, 2.24) is 0 Å². The van der Waals surface area contributed by atoms with Crippen LogP contribution in [0.25, 0.3) is 0 Å². The Bertz CT molecular complexity index is 420. The smallest absolute Gasteiger partial charge is 0.306 e. The van der Waals surface area contributed by atoms with Crippen molar-refractivity contribution >= 4 is 21.9 Å². The molecule has 0 spiro atoms. The summed E-state index contributed by atoms with van der Waals surface area (Å²) < 4.78 is 19.6. The minimum atomic E-state index is -0.933. The van der Waals surface area contributed by atoms with Gasteiger partial charge in [0.15, 0.2) is 0 Å². The summed E-state index contributed by atoms with van der Waals surface area (Å²) in [6.45, 7) is 1.72. The predicted molar refractivity (Wildman–Crippen MR) is 65.3 cm³/mol. The summed E-state index contributed by atoms with van der Waals surface area (Å²) in [6.07, 6.45) is 0.164. The lowest BCUT2D eigenvalue weighted by atomic mass is 9.99. The summed E-state index contributed by atoms with van der Waals surface area (Å²) in [5, 5.41) is 8.82. The number of carboxylic acids is 1. The average Bonchev–Trinajstić information content (AvgIpc) is 2.24. The van der Waals surface area contributed by atoms with Crippen molar-refractivity contribution in [2.75, 3.05) is 7.11 Å². The van der Waals surface area contributed by atoms with Gasteiger partial charge in [-0.25, -0.2) is 4.39 Å². The highest BCUT2D eigenvalue weighted by Crippen LogP contribution is 2.23. The maximum atomic E-state index is 14.0. The van der Waals surface area contributed by atoms with Crippen LogP contribution in [0.1, 0.15) is 18.1 Å². The Morgan fingerprint density at radius 2 is 2.12 bits per heavy atom. The summed E-state index contributed by atoms with van der Waals surface area (Å²) in [5.41, 5.74) is 0.816. The van der Waals surface area contributed by atoms with Crippen LogP contribution >= 0.6 is 15.9 Å². The third kappa shape index (κ3) is 3.78. The van der Waals surface area contributed by atoms with E-state index in [1.54, 1.807) is 19.1 Å². The Hall–Kier alpha value is -0.940. The second kappa shape index (κ2) is 6.12. The number of methoxy groups -OCH3 is 1. The van der Waals surface area contributed by atoms with Gasteiger partial charge in [0.1, 0.15) is 5.82 Å². The molecule has 1 unspecified atom stereocenters. The summed E-state index contributed by atoms with van der Waals surface area (Å²) in [4.78, 5) is 10.8. The SMILES string of the molecule is COCc1cc(Br)cc(CC(C)C(=O)O)c1F. The largest absolute Gasteiger partial charge is 0.481 e. The van der Waals surface area contributed by atoms with E-state index in [1.807, 2.05) is 0 Å². The molecule has 0 fully saturated rings. The second-order valence-corrected chi connectivity index (χ2v) is 4.83. The topological polar surface area (TPSA) is 46.5 Å². The first-order valence-corrected chi connectivity index (χ1v) is 5.93. The average molecular weight is 305 g/mol. The molecule has 0 aromatic heterocycles. The molecule has 0 bridgehead atoms. The fourth-order valence-electron chi connectivity index (χ4n) is 1.53. The van der Waals surface area contributed by atoms with Crippen LogP contribution < -0.4 is 0 Å². The molecule has 1 aromatic rings. The number of hydrogen-bond acceptors (Lipinski definition) is 2. The van der Waals surface area contributed by atoms with Gasteiger partial charge in [-0.3, -0.25) is 4.79 Å². The Balaban J connectivity index is 3.02. The van der Waals surface area contributed by atoms with E-state index in [9.17, 15) is 9.18 Å². The first-order chi connectivity index (χ1) is 7.95. The quantitative estimate of drug-likeness (QED) is 0.909. The lowest BCUT2D eigenvalue weighted by Crippen LogP contribution is -2.13. The van der Waals surface area contributed by atoms with Crippen LogP contribution in [0.2, 0.25) is 0 Å². The van der Waals surface area contributed by atoms with Crippen LogP contribution in [0.15, 0.2) is 16.6 Å². The van der Waals surface area contributed by atoms with Gasteiger partial charge in [0.05, 0.1) is 12.5 Å².